The van der Waals surface area contributed by atoms with Gasteiger partial charge in [-0.2, -0.15) is 0 Å². The SMILES string of the molecule is CCNC(=NCC(Nc1ccccc1)C(C)C)N1CCC(N2CCOCC2)C1.I. The number of para-hydroxylation sites is 1. The van der Waals surface area contributed by atoms with Crippen LogP contribution < -0.4 is 10.6 Å². The standard InChI is InChI=1S/C22H37N5O.HI/c1-4-23-22(27-11-10-20(17-27)26-12-14-28-15-13-26)24-16-21(18(2)3)25-19-8-6-5-7-9-19;/h5-9,18,20-21,25H,4,10-17H2,1-3H3,(H,23,24);1H. The van der Waals surface area contributed by atoms with Crippen molar-refractivity contribution in [1.29, 1.82) is 0 Å². The summed E-state index contributed by atoms with van der Waals surface area (Å²) in [5.74, 6) is 1.56. The number of ether oxygens (including phenoxy) is 1. The van der Waals surface area contributed by atoms with E-state index in [1.807, 2.05) is 0 Å². The van der Waals surface area contributed by atoms with Gasteiger partial charge in [0.1, 0.15) is 0 Å². The van der Waals surface area contributed by atoms with Crippen LogP contribution in [0.5, 0.6) is 0 Å². The molecule has 2 atom stereocenters. The Morgan fingerprint density at radius 3 is 2.55 bits per heavy atom. The zero-order valence-electron chi connectivity index (χ0n) is 18.1. The van der Waals surface area contributed by atoms with Crippen molar-refractivity contribution in [3.8, 4) is 0 Å². The highest BCUT2D eigenvalue weighted by atomic mass is 127. The van der Waals surface area contributed by atoms with Crippen molar-refractivity contribution in [3.63, 3.8) is 0 Å². The first kappa shape index (κ1) is 24.2. The molecule has 0 spiro atoms. The Bertz CT molecular complexity index is 606. The average Bonchev–Trinajstić information content (AvgIpc) is 3.21. The van der Waals surface area contributed by atoms with E-state index in [9.17, 15) is 0 Å². The molecule has 2 aliphatic heterocycles. The molecule has 164 valence electrons. The number of rotatable bonds is 7. The molecule has 0 amide bonds. The largest absolute Gasteiger partial charge is 0.380 e. The van der Waals surface area contributed by atoms with E-state index in [4.69, 9.17) is 9.73 Å². The van der Waals surface area contributed by atoms with E-state index < -0.39 is 0 Å². The molecule has 2 heterocycles. The molecule has 0 aromatic heterocycles. The molecule has 2 unspecified atom stereocenters. The first-order chi connectivity index (χ1) is 13.7. The molecule has 2 fully saturated rings. The fraction of sp³-hybridized carbons (Fsp3) is 0.682. The molecular weight excluding hydrogens is 477 g/mol. The summed E-state index contributed by atoms with van der Waals surface area (Å²) in [7, 11) is 0. The highest BCUT2D eigenvalue weighted by molar-refractivity contribution is 14.0. The lowest BCUT2D eigenvalue weighted by atomic mass is 10.0. The van der Waals surface area contributed by atoms with Crippen LogP contribution >= 0.6 is 24.0 Å². The zero-order chi connectivity index (χ0) is 19.8. The number of aliphatic imine (C=N–C) groups is 1. The van der Waals surface area contributed by atoms with Gasteiger partial charge >= 0.3 is 0 Å². The minimum absolute atomic E-state index is 0. The number of likely N-dealkylation sites (tertiary alicyclic amines) is 1. The van der Waals surface area contributed by atoms with E-state index in [1.54, 1.807) is 0 Å². The Morgan fingerprint density at radius 2 is 1.90 bits per heavy atom. The predicted molar refractivity (Wildman–Crippen MR) is 132 cm³/mol. The normalized spacial score (nSPS) is 21.7. The fourth-order valence-electron chi connectivity index (χ4n) is 3.96. The van der Waals surface area contributed by atoms with Crippen molar-refractivity contribution < 1.29 is 4.74 Å². The van der Waals surface area contributed by atoms with Crippen molar-refractivity contribution >= 4 is 35.6 Å². The summed E-state index contributed by atoms with van der Waals surface area (Å²) >= 11 is 0. The molecule has 2 aliphatic rings. The van der Waals surface area contributed by atoms with Gasteiger partial charge in [-0.3, -0.25) is 9.89 Å². The molecule has 6 nitrogen and oxygen atoms in total. The van der Waals surface area contributed by atoms with E-state index in [0.717, 1.165) is 64.1 Å². The van der Waals surface area contributed by atoms with Crippen molar-refractivity contribution in [3.05, 3.63) is 30.3 Å². The first-order valence-corrected chi connectivity index (χ1v) is 10.8. The second-order valence-corrected chi connectivity index (χ2v) is 8.09. The molecule has 2 saturated heterocycles. The third kappa shape index (κ3) is 7.29. The lowest BCUT2D eigenvalue weighted by molar-refractivity contribution is 0.0195. The van der Waals surface area contributed by atoms with Gasteiger partial charge in [0, 0.05) is 50.5 Å². The number of nitrogens with zero attached hydrogens (tertiary/aromatic N) is 3. The Labute approximate surface area is 193 Å². The van der Waals surface area contributed by atoms with Crippen LogP contribution in [0.4, 0.5) is 5.69 Å². The summed E-state index contributed by atoms with van der Waals surface area (Å²) in [6.45, 7) is 14.3. The third-order valence-electron chi connectivity index (χ3n) is 5.73. The van der Waals surface area contributed by atoms with Crippen molar-refractivity contribution in [1.82, 2.24) is 15.1 Å². The number of guanidine groups is 1. The number of hydrogen-bond donors (Lipinski definition) is 2. The monoisotopic (exact) mass is 515 g/mol. The Hall–Kier alpha value is -1.06. The summed E-state index contributed by atoms with van der Waals surface area (Å²) in [5.41, 5.74) is 1.16. The molecule has 0 bridgehead atoms. The molecule has 29 heavy (non-hydrogen) atoms. The van der Waals surface area contributed by atoms with Gasteiger partial charge < -0.3 is 20.3 Å². The second-order valence-electron chi connectivity index (χ2n) is 8.09. The van der Waals surface area contributed by atoms with E-state index in [-0.39, 0.29) is 24.0 Å². The smallest absolute Gasteiger partial charge is 0.194 e. The molecule has 1 aromatic rings. The minimum atomic E-state index is 0. The van der Waals surface area contributed by atoms with E-state index in [0.29, 0.717) is 18.0 Å². The van der Waals surface area contributed by atoms with Crippen LogP contribution in [0.15, 0.2) is 35.3 Å². The molecule has 0 saturated carbocycles. The van der Waals surface area contributed by atoms with E-state index in [2.05, 4.69) is 71.5 Å². The van der Waals surface area contributed by atoms with Crippen LogP contribution in [0.2, 0.25) is 0 Å². The fourth-order valence-corrected chi connectivity index (χ4v) is 3.96. The van der Waals surface area contributed by atoms with Crippen molar-refractivity contribution in [2.75, 3.05) is 57.8 Å². The van der Waals surface area contributed by atoms with Crippen molar-refractivity contribution in [2.45, 2.75) is 39.3 Å². The first-order valence-electron chi connectivity index (χ1n) is 10.8. The summed E-state index contributed by atoms with van der Waals surface area (Å²) in [6, 6.07) is 11.4. The second kappa shape index (κ2) is 12.6. The van der Waals surface area contributed by atoms with Crippen LogP contribution in [0.3, 0.4) is 0 Å². The Kier molecular flexibility index (Phi) is 10.5. The van der Waals surface area contributed by atoms with Gasteiger partial charge in [-0.1, -0.05) is 32.0 Å². The zero-order valence-corrected chi connectivity index (χ0v) is 20.5. The molecule has 7 heteroatoms. The molecule has 3 rings (SSSR count). The molecular formula is C22H38IN5O. The molecule has 1 aromatic carbocycles. The molecule has 2 N–H and O–H groups in total. The maximum atomic E-state index is 5.51. The Morgan fingerprint density at radius 1 is 1.17 bits per heavy atom. The predicted octanol–water partition coefficient (Wildman–Crippen LogP) is 3.11. The topological polar surface area (TPSA) is 52.1 Å². The third-order valence-corrected chi connectivity index (χ3v) is 5.73. The maximum Gasteiger partial charge on any atom is 0.194 e. The number of anilines is 1. The number of benzene rings is 1. The maximum absolute atomic E-state index is 5.51. The number of morpholine rings is 1. The lowest BCUT2D eigenvalue weighted by Crippen LogP contribution is -2.47. The number of halogens is 1. The Balaban J connectivity index is 0.00000300. The van der Waals surface area contributed by atoms with Crippen LogP contribution in [0.25, 0.3) is 0 Å². The van der Waals surface area contributed by atoms with Gasteiger partial charge in [-0.05, 0) is 31.4 Å². The van der Waals surface area contributed by atoms with Gasteiger partial charge in [0.15, 0.2) is 5.96 Å². The van der Waals surface area contributed by atoms with E-state index >= 15 is 0 Å². The summed E-state index contributed by atoms with van der Waals surface area (Å²) in [4.78, 5) is 10.0. The summed E-state index contributed by atoms with van der Waals surface area (Å²) in [5, 5.41) is 7.16. The van der Waals surface area contributed by atoms with Gasteiger partial charge in [0.05, 0.1) is 19.8 Å². The number of nitrogens with one attached hydrogen (secondary N) is 2. The highest BCUT2D eigenvalue weighted by Gasteiger charge is 2.30. The van der Waals surface area contributed by atoms with Crippen LogP contribution in [-0.4, -0.2) is 80.3 Å². The minimum Gasteiger partial charge on any atom is -0.380 e. The van der Waals surface area contributed by atoms with Gasteiger partial charge in [0.2, 0.25) is 0 Å². The average molecular weight is 515 g/mol. The van der Waals surface area contributed by atoms with Crippen LogP contribution in [-0.2, 0) is 4.74 Å². The van der Waals surface area contributed by atoms with Gasteiger partial charge in [0.25, 0.3) is 0 Å². The van der Waals surface area contributed by atoms with Crippen LogP contribution in [0.1, 0.15) is 27.2 Å². The number of hydrogen-bond acceptors (Lipinski definition) is 4. The lowest BCUT2D eigenvalue weighted by Gasteiger charge is -2.32. The van der Waals surface area contributed by atoms with Gasteiger partial charge in [-0.15, -0.1) is 24.0 Å². The molecule has 0 radical (unpaired) electrons. The summed E-state index contributed by atoms with van der Waals surface area (Å²) < 4.78 is 5.51. The highest BCUT2D eigenvalue weighted by Crippen LogP contribution is 2.18. The quantitative estimate of drug-likeness (QED) is 0.332. The van der Waals surface area contributed by atoms with E-state index in [1.165, 1.54) is 6.42 Å². The van der Waals surface area contributed by atoms with Crippen LogP contribution in [0, 0.1) is 5.92 Å². The molecule has 0 aliphatic carbocycles. The summed E-state index contributed by atoms with van der Waals surface area (Å²) in [6.07, 6.45) is 1.21. The van der Waals surface area contributed by atoms with Gasteiger partial charge in [-0.25, -0.2) is 0 Å². The van der Waals surface area contributed by atoms with Crippen molar-refractivity contribution in [2.24, 2.45) is 10.9 Å².